The molecule has 0 amide bonds. The Morgan fingerprint density at radius 1 is 1.13 bits per heavy atom. The summed E-state index contributed by atoms with van der Waals surface area (Å²) in [6.45, 7) is 1.60. The molecule has 6 heteroatoms. The third-order valence-corrected chi connectivity index (χ3v) is 3.80. The van der Waals surface area contributed by atoms with Crippen molar-refractivity contribution in [2.24, 2.45) is 0 Å². The molecular weight excluding hydrogens is 332 g/mol. The highest BCUT2D eigenvalue weighted by Crippen LogP contribution is 2.42. The molecule has 0 radical (unpaired) electrons. The number of hydrogen-bond donors (Lipinski definition) is 0. The number of fused-ring (bicyclic) bond motifs is 1. The summed E-state index contributed by atoms with van der Waals surface area (Å²) >= 11 is 6.02. The third kappa shape index (κ3) is 3.06. The smallest absolute Gasteiger partial charge is 0.429 e. The summed E-state index contributed by atoms with van der Waals surface area (Å²) in [6, 6.07) is 7.41. The molecule has 23 heavy (non-hydrogen) atoms. The molecule has 0 bridgehead atoms. The molecule has 0 saturated heterocycles. The lowest BCUT2D eigenvalue weighted by Gasteiger charge is -2.25. The quantitative estimate of drug-likeness (QED) is 0.596. The molecular formula is C17H11ClF4O. The van der Waals surface area contributed by atoms with Gasteiger partial charge in [-0.2, -0.15) is 13.2 Å². The van der Waals surface area contributed by atoms with Gasteiger partial charge in [-0.3, -0.25) is 0 Å². The van der Waals surface area contributed by atoms with Crippen molar-refractivity contribution >= 4 is 17.7 Å². The van der Waals surface area contributed by atoms with Crippen LogP contribution in [0.25, 0.3) is 17.2 Å². The van der Waals surface area contributed by atoms with Gasteiger partial charge in [-0.25, -0.2) is 4.39 Å². The summed E-state index contributed by atoms with van der Waals surface area (Å²) in [5.74, 6) is -0.405. The maximum absolute atomic E-state index is 13.8. The van der Waals surface area contributed by atoms with Gasteiger partial charge in [0.25, 0.3) is 0 Å². The standard InChI is InChI=1S/C17H11ClF4O/c1-9-2-3-10(7-14(9)19)13-8-12(18)6-11-4-5-15(17(20,21)22)23-16(11)13/h2-8,15H,1H3/t15-/m0/s1. The lowest BCUT2D eigenvalue weighted by Crippen LogP contribution is -2.34. The minimum absolute atomic E-state index is 0.0440. The van der Waals surface area contributed by atoms with E-state index in [-0.39, 0.29) is 5.75 Å². The second kappa shape index (κ2) is 5.57. The number of hydrogen-bond acceptors (Lipinski definition) is 1. The molecule has 0 aromatic heterocycles. The van der Waals surface area contributed by atoms with Crippen LogP contribution in [-0.2, 0) is 0 Å². The molecule has 2 aromatic rings. The Hall–Kier alpha value is -2.01. The second-order valence-corrected chi connectivity index (χ2v) is 5.71. The van der Waals surface area contributed by atoms with Gasteiger partial charge in [0.1, 0.15) is 11.6 Å². The first-order valence-electron chi connectivity index (χ1n) is 6.77. The highest BCUT2D eigenvalue weighted by Gasteiger charge is 2.42. The van der Waals surface area contributed by atoms with Crippen LogP contribution in [-0.4, -0.2) is 12.3 Å². The molecule has 1 aliphatic rings. The van der Waals surface area contributed by atoms with Crippen LogP contribution in [0.4, 0.5) is 17.6 Å². The number of rotatable bonds is 1. The molecule has 0 unspecified atom stereocenters. The number of benzene rings is 2. The molecule has 0 saturated carbocycles. The van der Waals surface area contributed by atoms with Crippen molar-refractivity contribution in [1.82, 2.24) is 0 Å². The van der Waals surface area contributed by atoms with Crippen molar-refractivity contribution < 1.29 is 22.3 Å². The van der Waals surface area contributed by atoms with Gasteiger partial charge in [0.2, 0.25) is 6.10 Å². The molecule has 3 rings (SSSR count). The lowest BCUT2D eigenvalue weighted by atomic mass is 9.98. The van der Waals surface area contributed by atoms with Crippen LogP contribution in [0.3, 0.4) is 0 Å². The van der Waals surface area contributed by atoms with Crippen LogP contribution in [0, 0.1) is 12.7 Å². The Morgan fingerprint density at radius 3 is 2.52 bits per heavy atom. The van der Waals surface area contributed by atoms with E-state index in [1.54, 1.807) is 19.1 Å². The van der Waals surface area contributed by atoms with E-state index in [0.29, 0.717) is 27.3 Å². The van der Waals surface area contributed by atoms with E-state index in [2.05, 4.69) is 0 Å². The molecule has 0 aliphatic carbocycles. The van der Waals surface area contributed by atoms with Crippen molar-refractivity contribution in [3.8, 4) is 16.9 Å². The van der Waals surface area contributed by atoms with Crippen LogP contribution < -0.4 is 4.74 Å². The Morgan fingerprint density at radius 2 is 1.87 bits per heavy atom. The topological polar surface area (TPSA) is 9.23 Å². The number of aryl methyl sites for hydroxylation is 1. The van der Waals surface area contributed by atoms with Crippen LogP contribution >= 0.6 is 11.6 Å². The van der Waals surface area contributed by atoms with Gasteiger partial charge in [-0.1, -0.05) is 29.8 Å². The predicted octanol–water partition coefficient (Wildman–Crippen LogP) is 5.79. The van der Waals surface area contributed by atoms with Gasteiger partial charge in [-0.15, -0.1) is 0 Å². The van der Waals surface area contributed by atoms with Crippen molar-refractivity contribution in [3.63, 3.8) is 0 Å². The maximum atomic E-state index is 13.8. The van der Waals surface area contributed by atoms with Gasteiger partial charge < -0.3 is 4.74 Å². The normalized spacial score (nSPS) is 16.9. The maximum Gasteiger partial charge on any atom is 0.429 e. The summed E-state index contributed by atoms with van der Waals surface area (Å²) < 4.78 is 57.6. The van der Waals surface area contributed by atoms with Crippen LogP contribution in [0.1, 0.15) is 11.1 Å². The second-order valence-electron chi connectivity index (χ2n) is 5.27. The van der Waals surface area contributed by atoms with Crippen molar-refractivity contribution in [3.05, 3.63) is 58.4 Å². The van der Waals surface area contributed by atoms with E-state index in [0.717, 1.165) is 6.08 Å². The lowest BCUT2D eigenvalue weighted by molar-refractivity contribution is -0.180. The van der Waals surface area contributed by atoms with E-state index in [1.165, 1.54) is 24.3 Å². The highest BCUT2D eigenvalue weighted by atomic mass is 35.5. The van der Waals surface area contributed by atoms with Gasteiger partial charge in [0, 0.05) is 16.1 Å². The summed E-state index contributed by atoms with van der Waals surface area (Å²) in [5.41, 5.74) is 1.60. The fourth-order valence-electron chi connectivity index (χ4n) is 2.38. The summed E-state index contributed by atoms with van der Waals surface area (Å²) in [4.78, 5) is 0. The molecule has 1 nitrogen and oxygen atoms in total. The zero-order valence-electron chi connectivity index (χ0n) is 11.9. The Kier molecular flexibility index (Phi) is 3.84. The number of alkyl halides is 3. The van der Waals surface area contributed by atoms with Gasteiger partial charge in [-0.05, 0) is 42.3 Å². The molecule has 1 aliphatic heterocycles. The molecule has 120 valence electrons. The van der Waals surface area contributed by atoms with Gasteiger partial charge in [0.05, 0.1) is 0 Å². The zero-order chi connectivity index (χ0) is 16.8. The largest absolute Gasteiger partial charge is 0.476 e. The molecule has 0 fully saturated rings. The number of halogens is 5. The monoisotopic (exact) mass is 342 g/mol. The Balaban J connectivity index is 2.14. The minimum atomic E-state index is -4.52. The van der Waals surface area contributed by atoms with E-state index >= 15 is 0 Å². The molecule has 1 heterocycles. The predicted molar refractivity (Wildman–Crippen MR) is 81.1 cm³/mol. The van der Waals surface area contributed by atoms with Crippen molar-refractivity contribution in [1.29, 1.82) is 0 Å². The molecule has 1 atom stereocenters. The first-order valence-corrected chi connectivity index (χ1v) is 7.15. The summed E-state index contributed by atoms with van der Waals surface area (Å²) in [7, 11) is 0. The Labute approximate surface area is 135 Å². The van der Waals surface area contributed by atoms with Crippen LogP contribution in [0.2, 0.25) is 5.02 Å². The summed E-state index contributed by atoms with van der Waals surface area (Å²) in [5, 5.41) is 0.332. The van der Waals surface area contributed by atoms with Crippen LogP contribution in [0.15, 0.2) is 36.4 Å². The van der Waals surface area contributed by atoms with E-state index < -0.39 is 18.1 Å². The van der Waals surface area contributed by atoms with Crippen molar-refractivity contribution in [2.45, 2.75) is 19.2 Å². The molecule has 0 N–H and O–H groups in total. The molecule has 0 spiro atoms. The highest BCUT2D eigenvalue weighted by molar-refractivity contribution is 6.31. The zero-order valence-corrected chi connectivity index (χ0v) is 12.7. The third-order valence-electron chi connectivity index (χ3n) is 3.58. The number of ether oxygens (including phenoxy) is 1. The Bertz CT molecular complexity index is 796. The fourth-order valence-corrected chi connectivity index (χ4v) is 2.60. The molecule has 2 aromatic carbocycles. The fraction of sp³-hybridized carbons (Fsp3) is 0.176. The first kappa shape index (κ1) is 15.9. The average molecular weight is 343 g/mol. The minimum Gasteiger partial charge on any atom is -0.476 e. The first-order chi connectivity index (χ1) is 10.8. The van der Waals surface area contributed by atoms with Gasteiger partial charge in [0.15, 0.2) is 0 Å². The van der Waals surface area contributed by atoms with E-state index in [1.807, 2.05) is 0 Å². The van der Waals surface area contributed by atoms with Crippen LogP contribution in [0.5, 0.6) is 5.75 Å². The van der Waals surface area contributed by atoms with E-state index in [4.69, 9.17) is 16.3 Å². The average Bonchev–Trinajstić information content (AvgIpc) is 2.47. The SMILES string of the molecule is Cc1ccc(-c2cc(Cl)cc3c2O[C@H](C(F)(F)F)C=C3)cc1F. The van der Waals surface area contributed by atoms with E-state index in [9.17, 15) is 17.6 Å². The summed E-state index contributed by atoms with van der Waals surface area (Å²) in [6.07, 6.45) is -4.32. The van der Waals surface area contributed by atoms with Gasteiger partial charge >= 0.3 is 6.18 Å². The van der Waals surface area contributed by atoms with Crippen molar-refractivity contribution in [2.75, 3.05) is 0 Å².